The number of thiazole rings is 1. The molecule has 2 atom stereocenters. The smallest absolute Gasteiger partial charge is 0.350 e. The van der Waals surface area contributed by atoms with E-state index < -0.39 is 0 Å². The van der Waals surface area contributed by atoms with E-state index >= 15 is 0 Å². The van der Waals surface area contributed by atoms with Gasteiger partial charge in [0.1, 0.15) is 4.88 Å². The molecule has 0 saturated heterocycles. The van der Waals surface area contributed by atoms with Gasteiger partial charge < -0.3 is 10.1 Å². The minimum Gasteiger partial charge on any atom is -0.462 e. The van der Waals surface area contributed by atoms with Crippen molar-refractivity contribution < 1.29 is 14.3 Å². The first-order valence-electron chi connectivity index (χ1n) is 7.07. The fraction of sp³-hybridized carbons (Fsp3) is 0.643. The van der Waals surface area contributed by atoms with Crippen molar-refractivity contribution in [2.75, 3.05) is 11.9 Å². The Labute approximate surface area is 121 Å². The monoisotopic (exact) mass is 294 g/mol. The Morgan fingerprint density at radius 3 is 2.75 bits per heavy atom. The lowest BCUT2D eigenvalue weighted by Crippen LogP contribution is -2.16. The lowest BCUT2D eigenvalue weighted by Gasteiger charge is -2.02. The standard InChI is InChI=1S/C14H18N2O3S/c1-3-19-13(18)11-7(2)15-14(20-11)16-12(17)10-8-5-4-6-9(8)10/h8-10H,3-6H2,1-2H3,(H,15,16,17). The van der Waals surface area contributed by atoms with E-state index in [9.17, 15) is 9.59 Å². The molecule has 2 aliphatic carbocycles. The van der Waals surface area contributed by atoms with Crippen molar-refractivity contribution >= 4 is 28.3 Å². The molecule has 20 heavy (non-hydrogen) atoms. The van der Waals surface area contributed by atoms with Crippen molar-refractivity contribution in [1.82, 2.24) is 4.98 Å². The molecule has 0 aliphatic heterocycles. The number of ether oxygens (including phenoxy) is 1. The molecule has 5 nitrogen and oxygen atoms in total. The zero-order chi connectivity index (χ0) is 14.3. The van der Waals surface area contributed by atoms with E-state index in [0.29, 0.717) is 34.1 Å². The average Bonchev–Trinajstić information content (AvgIpc) is 2.72. The summed E-state index contributed by atoms with van der Waals surface area (Å²) in [6, 6.07) is 0. The van der Waals surface area contributed by atoms with E-state index in [1.54, 1.807) is 13.8 Å². The summed E-state index contributed by atoms with van der Waals surface area (Å²) in [5, 5.41) is 3.35. The normalized spacial score (nSPS) is 27.0. The Hall–Kier alpha value is -1.43. The minimum absolute atomic E-state index is 0.0591. The molecule has 0 aromatic carbocycles. The van der Waals surface area contributed by atoms with Gasteiger partial charge in [0.2, 0.25) is 5.91 Å². The van der Waals surface area contributed by atoms with Gasteiger partial charge in [-0.15, -0.1) is 0 Å². The van der Waals surface area contributed by atoms with Crippen LogP contribution in [0.5, 0.6) is 0 Å². The maximum absolute atomic E-state index is 12.1. The molecule has 2 aliphatic rings. The van der Waals surface area contributed by atoms with E-state index in [1.165, 1.54) is 30.6 Å². The van der Waals surface area contributed by atoms with Crippen molar-refractivity contribution in [3.8, 4) is 0 Å². The van der Waals surface area contributed by atoms with E-state index in [0.717, 1.165) is 0 Å². The first-order chi connectivity index (χ1) is 9.61. The SMILES string of the molecule is CCOC(=O)c1sc(NC(=O)C2C3CCCC32)nc1C. The summed E-state index contributed by atoms with van der Waals surface area (Å²) in [6.07, 6.45) is 3.60. The summed E-state index contributed by atoms with van der Waals surface area (Å²) in [5.41, 5.74) is 0.611. The van der Waals surface area contributed by atoms with Crippen molar-refractivity contribution in [2.24, 2.45) is 17.8 Å². The van der Waals surface area contributed by atoms with Gasteiger partial charge in [-0.25, -0.2) is 9.78 Å². The molecule has 3 rings (SSSR count). The third-order valence-corrected chi connectivity index (χ3v) is 5.25. The first-order valence-corrected chi connectivity index (χ1v) is 7.89. The summed E-state index contributed by atoms with van der Waals surface area (Å²) < 4.78 is 4.97. The first kappa shape index (κ1) is 13.5. The maximum atomic E-state index is 12.1. The Bertz CT molecular complexity index is 545. The van der Waals surface area contributed by atoms with Crippen molar-refractivity contribution in [1.29, 1.82) is 0 Å². The van der Waals surface area contributed by atoms with Gasteiger partial charge in [0.25, 0.3) is 0 Å². The predicted molar refractivity (Wildman–Crippen MR) is 75.8 cm³/mol. The summed E-state index contributed by atoms with van der Waals surface area (Å²) in [5.74, 6) is 1.02. The molecule has 2 saturated carbocycles. The van der Waals surface area contributed by atoms with Gasteiger partial charge in [-0.2, -0.15) is 0 Å². The van der Waals surface area contributed by atoms with Gasteiger partial charge in [0.05, 0.1) is 12.3 Å². The third-order valence-electron chi connectivity index (χ3n) is 4.20. The average molecular weight is 294 g/mol. The lowest BCUT2D eigenvalue weighted by molar-refractivity contribution is -0.118. The summed E-state index contributed by atoms with van der Waals surface area (Å²) in [7, 11) is 0. The summed E-state index contributed by atoms with van der Waals surface area (Å²) in [4.78, 5) is 28.6. The highest BCUT2D eigenvalue weighted by atomic mass is 32.1. The van der Waals surface area contributed by atoms with Crippen LogP contribution >= 0.6 is 11.3 Å². The van der Waals surface area contributed by atoms with Crippen LogP contribution < -0.4 is 5.32 Å². The maximum Gasteiger partial charge on any atom is 0.350 e. The van der Waals surface area contributed by atoms with Crippen molar-refractivity contribution in [2.45, 2.75) is 33.1 Å². The van der Waals surface area contributed by atoms with Gasteiger partial charge in [-0.3, -0.25) is 4.79 Å². The number of nitrogens with one attached hydrogen (secondary N) is 1. The molecule has 0 radical (unpaired) electrons. The van der Waals surface area contributed by atoms with Crippen LogP contribution in [-0.4, -0.2) is 23.5 Å². The lowest BCUT2D eigenvalue weighted by atomic mass is 10.1. The molecule has 1 aromatic heterocycles. The molecule has 0 spiro atoms. The number of esters is 1. The largest absolute Gasteiger partial charge is 0.462 e. The van der Waals surface area contributed by atoms with Crippen LogP contribution in [0.3, 0.4) is 0 Å². The summed E-state index contributed by atoms with van der Waals surface area (Å²) >= 11 is 1.19. The van der Waals surface area contributed by atoms with Crippen LogP contribution in [-0.2, 0) is 9.53 Å². The Balaban J connectivity index is 1.65. The number of anilines is 1. The molecule has 2 unspecified atom stereocenters. The number of aromatic nitrogens is 1. The Kier molecular flexibility index (Phi) is 3.50. The van der Waals surface area contributed by atoms with Crippen LogP contribution in [0.1, 0.15) is 41.6 Å². The number of carbonyl (C=O) groups is 2. The fourth-order valence-electron chi connectivity index (χ4n) is 3.24. The number of fused-ring (bicyclic) bond motifs is 1. The van der Waals surface area contributed by atoms with Crippen LogP contribution in [0.25, 0.3) is 0 Å². The summed E-state index contributed by atoms with van der Waals surface area (Å²) in [6.45, 7) is 3.86. The van der Waals surface area contributed by atoms with Crippen LogP contribution in [0.4, 0.5) is 5.13 Å². The zero-order valence-corrected chi connectivity index (χ0v) is 12.5. The molecular formula is C14H18N2O3S. The van der Waals surface area contributed by atoms with Gasteiger partial charge in [-0.05, 0) is 38.5 Å². The van der Waals surface area contributed by atoms with E-state index in [2.05, 4.69) is 10.3 Å². The van der Waals surface area contributed by atoms with E-state index in [4.69, 9.17) is 4.74 Å². The van der Waals surface area contributed by atoms with Gasteiger partial charge in [0, 0.05) is 5.92 Å². The van der Waals surface area contributed by atoms with Gasteiger partial charge in [0.15, 0.2) is 5.13 Å². The third kappa shape index (κ3) is 2.32. The molecule has 1 heterocycles. The van der Waals surface area contributed by atoms with Gasteiger partial charge in [-0.1, -0.05) is 17.8 Å². The molecule has 1 amide bonds. The van der Waals surface area contributed by atoms with Gasteiger partial charge >= 0.3 is 5.97 Å². The molecule has 6 heteroatoms. The molecule has 2 fully saturated rings. The van der Waals surface area contributed by atoms with E-state index in [-0.39, 0.29) is 17.8 Å². The van der Waals surface area contributed by atoms with E-state index in [1.807, 2.05) is 0 Å². The number of rotatable bonds is 4. The van der Waals surface area contributed by atoms with Crippen LogP contribution in [0.2, 0.25) is 0 Å². The Morgan fingerprint density at radius 1 is 1.40 bits per heavy atom. The number of nitrogens with zero attached hydrogens (tertiary/aromatic N) is 1. The second-order valence-corrected chi connectivity index (χ2v) is 6.43. The molecule has 1 N–H and O–H groups in total. The number of hydrogen-bond acceptors (Lipinski definition) is 5. The molecule has 1 aromatic rings. The quantitative estimate of drug-likeness (QED) is 0.867. The highest BCUT2D eigenvalue weighted by Gasteiger charge is 2.56. The van der Waals surface area contributed by atoms with Crippen molar-refractivity contribution in [3.63, 3.8) is 0 Å². The highest BCUT2D eigenvalue weighted by molar-refractivity contribution is 7.17. The molecule has 108 valence electrons. The van der Waals surface area contributed by atoms with Crippen LogP contribution in [0.15, 0.2) is 0 Å². The number of carbonyl (C=O) groups excluding carboxylic acids is 2. The minimum atomic E-state index is -0.369. The fourth-order valence-corrected chi connectivity index (χ4v) is 4.10. The Morgan fingerprint density at radius 2 is 2.10 bits per heavy atom. The molecule has 0 bridgehead atoms. The van der Waals surface area contributed by atoms with Crippen molar-refractivity contribution in [3.05, 3.63) is 10.6 Å². The second kappa shape index (κ2) is 5.16. The topological polar surface area (TPSA) is 68.3 Å². The van der Waals surface area contributed by atoms with Crippen LogP contribution in [0, 0.1) is 24.7 Å². The zero-order valence-electron chi connectivity index (χ0n) is 11.6. The second-order valence-electron chi connectivity index (χ2n) is 5.43. The number of amides is 1. The molecular weight excluding hydrogens is 276 g/mol. The highest BCUT2D eigenvalue weighted by Crippen LogP contribution is 2.57. The number of hydrogen-bond donors (Lipinski definition) is 1. The predicted octanol–water partition coefficient (Wildman–Crippen LogP) is 2.61. The number of aryl methyl sites for hydroxylation is 1.